The summed E-state index contributed by atoms with van der Waals surface area (Å²) in [7, 11) is -3.78. The molecule has 5 heterocycles. The number of piperazine rings is 1. The zero-order valence-corrected chi connectivity index (χ0v) is 19.3. The Hall–Kier alpha value is -2.47. The standard InChI is InChI=1S/C22H30N6O4S/c29-22(27-14-12-26(13-15-27)20-5-1-2-9-23-20)17-4-3-11-28(16-17)33(30,31)21-7-6-19(32-21)18-8-10-24-25-18/h1-2,5-7,9,17-18,24-25H,3-4,8,10-16H2. The van der Waals surface area contributed by atoms with Crippen LogP contribution in [0.5, 0.6) is 0 Å². The zero-order valence-electron chi connectivity index (χ0n) is 18.5. The lowest BCUT2D eigenvalue weighted by Gasteiger charge is -2.38. The average molecular weight is 475 g/mol. The second kappa shape index (κ2) is 9.41. The van der Waals surface area contributed by atoms with Crippen LogP contribution in [0.25, 0.3) is 0 Å². The molecule has 2 aromatic rings. The van der Waals surface area contributed by atoms with Gasteiger partial charge < -0.3 is 14.2 Å². The Bertz CT molecular complexity index is 1060. The highest BCUT2D eigenvalue weighted by Gasteiger charge is 2.37. The number of aromatic nitrogens is 1. The Balaban J connectivity index is 1.21. The van der Waals surface area contributed by atoms with E-state index in [1.165, 1.54) is 10.4 Å². The maximum atomic E-state index is 13.2. The monoisotopic (exact) mass is 474 g/mol. The number of carbonyl (C=O) groups is 1. The molecule has 2 atom stereocenters. The number of sulfonamides is 1. The summed E-state index contributed by atoms with van der Waals surface area (Å²) in [5.74, 6) is 1.23. The molecule has 0 spiro atoms. The van der Waals surface area contributed by atoms with E-state index in [1.807, 2.05) is 23.1 Å². The van der Waals surface area contributed by atoms with Crippen LogP contribution in [0.1, 0.15) is 31.1 Å². The van der Waals surface area contributed by atoms with E-state index in [0.29, 0.717) is 38.2 Å². The third-order valence-electron chi connectivity index (χ3n) is 6.67. The number of nitrogens with one attached hydrogen (secondary N) is 2. The van der Waals surface area contributed by atoms with Crippen molar-refractivity contribution in [1.82, 2.24) is 25.0 Å². The van der Waals surface area contributed by atoms with Crippen LogP contribution in [0.3, 0.4) is 0 Å². The molecule has 3 saturated heterocycles. The van der Waals surface area contributed by atoms with Crippen LogP contribution in [0.2, 0.25) is 0 Å². The average Bonchev–Trinajstić information content (AvgIpc) is 3.57. The molecule has 1 amide bonds. The summed E-state index contributed by atoms with van der Waals surface area (Å²) in [6.45, 7) is 4.07. The molecule has 3 fully saturated rings. The molecule has 0 bridgehead atoms. The summed E-state index contributed by atoms with van der Waals surface area (Å²) in [6, 6.07) is 9.02. The highest BCUT2D eigenvalue weighted by Crippen LogP contribution is 2.29. The number of furan rings is 1. The molecular formula is C22H30N6O4S. The van der Waals surface area contributed by atoms with Crippen molar-refractivity contribution in [3.05, 3.63) is 42.3 Å². The molecule has 10 nitrogen and oxygen atoms in total. The van der Waals surface area contributed by atoms with Gasteiger partial charge in [-0.2, -0.15) is 4.31 Å². The van der Waals surface area contributed by atoms with Crippen molar-refractivity contribution in [3.8, 4) is 0 Å². The van der Waals surface area contributed by atoms with E-state index in [-0.39, 0.29) is 29.5 Å². The van der Waals surface area contributed by atoms with E-state index >= 15 is 0 Å². The van der Waals surface area contributed by atoms with Crippen LogP contribution in [0.15, 0.2) is 46.0 Å². The zero-order chi connectivity index (χ0) is 22.8. The maximum Gasteiger partial charge on any atom is 0.276 e. The van der Waals surface area contributed by atoms with Gasteiger partial charge in [0.25, 0.3) is 10.0 Å². The first-order valence-corrected chi connectivity index (χ1v) is 13.0. The molecule has 11 heteroatoms. The smallest absolute Gasteiger partial charge is 0.276 e. The fourth-order valence-corrected chi connectivity index (χ4v) is 6.24. The summed E-state index contributed by atoms with van der Waals surface area (Å²) in [4.78, 5) is 21.6. The second-order valence-electron chi connectivity index (χ2n) is 8.77. The molecule has 178 valence electrons. The van der Waals surface area contributed by atoms with Gasteiger partial charge in [0.1, 0.15) is 11.6 Å². The topological polar surface area (TPSA) is 111 Å². The Kier molecular flexibility index (Phi) is 6.37. The minimum absolute atomic E-state index is 0.0330. The Labute approximate surface area is 194 Å². The van der Waals surface area contributed by atoms with Crippen molar-refractivity contribution in [1.29, 1.82) is 0 Å². The van der Waals surface area contributed by atoms with Gasteiger partial charge in [-0.1, -0.05) is 6.07 Å². The number of carbonyl (C=O) groups excluding carboxylic acids is 1. The number of amides is 1. The molecular weight excluding hydrogens is 444 g/mol. The predicted molar refractivity (Wildman–Crippen MR) is 122 cm³/mol. The molecule has 0 saturated carbocycles. The first-order valence-electron chi connectivity index (χ1n) is 11.6. The van der Waals surface area contributed by atoms with Crippen molar-refractivity contribution >= 4 is 21.7 Å². The molecule has 33 heavy (non-hydrogen) atoms. The maximum absolute atomic E-state index is 13.2. The van der Waals surface area contributed by atoms with Crippen LogP contribution in [0, 0.1) is 5.92 Å². The van der Waals surface area contributed by atoms with Gasteiger partial charge in [0.2, 0.25) is 11.0 Å². The molecule has 2 N–H and O–H groups in total. The van der Waals surface area contributed by atoms with Crippen molar-refractivity contribution < 1.29 is 17.6 Å². The van der Waals surface area contributed by atoms with Gasteiger partial charge in [-0.15, -0.1) is 0 Å². The molecule has 2 aromatic heterocycles. The van der Waals surface area contributed by atoms with Gasteiger partial charge in [-0.25, -0.2) is 18.8 Å². The molecule has 0 aromatic carbocycles. The third-order valence-corrected chi connectivity index (χ3v) is 8.41. The Morgan fingerprint density at radius 1 is 1.06 bits per heavy atom. The number of anilines is 1. The molecule has 3 aliphatic heterocycles. The minimum atomic E-state index is -3.78. The fraction of sp³-hybridized carbons (Fsp3) is 0.545. The van der Waals surface area contributed by atoms with E-state index in [4.69, 9.17) is 4.42 Å². The van der Waals surface area contributed by atoms with Crippen molar-refractivity contribution in [2.75, 3.05) is 50.7 Å². The number of pyridine rings is 1. The van der Waals surface area contributed by atoms with Crippen LogP contribution >= 0.6 is 0 Å². The Morgan fingerprint density at radius 3 is 2.64 bits per heavy atom. The van der Waals surface area contributed by atoms with Crippen molar-refractivity contribution in [2.24, 2.45) is 5.92 Å². The van der Waals surface area contributed by atoms with Gasteiger partial charge in [0, 0.05) is 52.0 Å². The van der Waals surface area contributed by atoms with E-state index in [1.54, 1.807) is 12.3 Å². The van der Waals surface area contributed by atoms with Gasteiger partial charge in [0.05, 0.1) is 12.0 Å². The number of rotatable bonds is 5. The van der Waals surface area contributed by atoms with E-state index in [2.05, 4.69) is 20.7 Å². The largest absolute Gasteiger partial charge is 0.447 e. The van der Waals surface area contributed by atoms with Crippen molar-refractivity contribution in [2.45, 2.75) is 30.4 Å². The van der Waals surface area contributed by atoms with Crippen molar-refractivity contribution in [3.63, 3.8) is 0 Å². The summed E-state index contributed by atoms with van der Waals surface area (Å²) in [6.07, 6.45) is 3.96. The van der Waals surface area contributed by atoms with Gasteiger partial charge in [0.15, 0.2) is 0 Å². The molecule has 0 aliphatic carbocycles. The predicted octanol–water partition coefficient (Wildman–Crippen LogP) is 0.963. The van der Waals surface area contributed by atoms with Crippen LogP contribution < -0.4 is 15.8 Å². The number of hydrazine groups is 1. The lowest BCUT2D eigenvalue weighted by molar-refractivity contribution is -0.137. The highest BCUT2D eigenvalue weighted by molar-refractivity contribution is 7.89. The molecule has 2 unspecified atom stereocenters. The van der Waals surface area contributed by atoms with E-state index in [0.717, 1.165) is 31.9 Å². The lowest BCUT2D eigenvalue weighted by atomic mass is 9.98. The number of nitrogens with zero attached hydrogens (tertiary/aromatic N) is 4. The van der Waals surface area contributed by atoms with Crippen LogP contribution in [-0.2, 0) is 14.8 Å². The second-order valence-corrected chi connectivity index (χ2v) is 10.6. The lowest BCUT2D eigenvalue weighted by Crippen LogP contribution is -2.53. The molecule has 0 radical (unpaired) electrons. The fourth-order valence-electron chi connectivity index (χ4n) is 4.80. The minimum Gasteiger partial charge on any atom is -0.447 e. The number of hydrogen-bond acceptors (Lipinski definition) is 8. The Morgan fingerprint density at radius 2 is 1.91 bits per heavy atom. The van der Waals surface area contributed by atoms with Crippen LogP contribution in [-0.4, -0.2) is 74.3 Å². The van der Waals surface area contributed by atoms with Gasteiger partial charge in [-0.05, 0) is 43.5 Å². The summed E-state index contributed by atoms with van der Waals surface area (Å²) >= 11 is 0. The van der Waals surface area contributed by atoms with Crippen LogP contribution in [0.4, 0.5) is 5.82 Å². The van der Waals surface area contributed by atoms with Gasteiger partial charge in [-0.3, -0.25) is 10.2 Å². The summed E-state index contributed by atoms with van der Waals surface area (Å²) in [5.41, 5.74) is 6.10. The summed E-state index contributed by atoms with van der Waals surface area (Å²) < 4.78 is 33.6. The summed E-state index contributed by atoms with van der Waals surface area (Å²) in [5, 5.41) is -0.0525. The van der Waals surface area contributed by atoms with Gasteiger partial charge >= 0.3 is 0 Å². The molecule has 5 rings (SSSR count). The number of piperidine rings is 1. The highest BCUT2D eigenvalue weighted by atomic mass is 32.2. The SMILES string of the molecule is O=C(C1CCCN(S(=O)(=O)c2ccc(C3CCNN3)o2)C1)N1CCN(c2ccccn2)CC1. The normalized spacial score (nSPS) is 24.8. The van der Waals surface area contributed by atoms with E-state index < -0.39 is 10.0 Å². The molecule has 3 aliphatic rings. The first kappa shape index (κ1) is 22.3. The van der Waals surface area contributed by atoms with E-state index in [9.17, 15) is 13.2 Å². The quantitative estimate of drug-likeness (QED) is 0.659. The number of hydrogen-bond donors (Lipinski definition) is 2. The first-order chi connectivity index (χ1) is 16.0. The third kappa shape index (κ3) is 4.63.